The van der Waals surface area contributed by atoms with Crippen LogP contribution in [-0.4, -0.2) is 22.4 Å². The SMILES string of the molecule is C=C(C)c1cc(F)c2c(c1)C(=O)N(Cc1ccc(C#N)cn1)C2(OCC1(C#N)CC1)c1ccc(Cl)cc1. The zero-order chi connectivity index (χ0) is 26.4. The first kappa shape index (κ1) is 24.6. The van der Waals surface area contributed by atoms with Gasteiger partial charge in [0.2, 0.25) is 0 Å². The fourth-order valence-corrected chi connectivity index (χ4v) is 4.74. The van der Waals surface area contributed by atoms with Gasteiger partial charge in [-0.1, -0.05) is 35.9 Å². The molecule has 0 spiro atoms. The molecule has 5 rings (SSSR count). The van der Waals surface area contributed by atoms with Crippen LogP contribution < -0.4 is 0 Å². The van der Waals surface area contributed by atoms with Crippen molar-refractivity contribution in [3.8, 4) is 12.1 Å². The maximum absolute atomic E-state index is 16.0. The van der Waals surface area contributed by atoms with E-state index >= 15 is 4.39 Å². The van der Waals surface area contributed by atoms with E-state index < -0.39 is 22.9 Å². The number of carbonyl (C=O) groups is 1. The topological polar surface area (TPSA) is 90.0 Å². The highest BCUT2D eigenvalue weighted by Gasteiger charge is 2.56. The molecule has 1 aliphatic carbocycles. The summed E-state index contributed by atoms with van der Waals surface area (Å²) in [5.74, 6) is -1.06. The van der Waals surface area contributed by atoms with E-state index in [1.54, 1.807) is 49.4 Å². The molecule has 1 aliphatic heterocycles. The number of pyridine rings is 1. The van der Waals surface area contributed by atoms with Gasteiger partial charge in [-0.3, -0.25) is 14.7 Å². The van der Waals surface area contributed by atoms with Gasteiger partial charge in [-0.2, -0.15) is 10.5 Å². The largest absolute Gasteiger partial charge is 0.345 e. The minimum atomic E-state index is -1.67. The van der Waals surface area contributed by atoms with E-state index in [0.29, 0.717) is 45.8 Å². The van der Waals surface area contributed by atoms with Gasteiger partial charge in [-0.15, -0.1) is 0 Å². The van der Waals surface area contributed by atoms with Crippen LogP contribution in [0.1, 0.15) is 58.1 Å². The van der Waals surface area contributed by atoms with Crippen molar-refractivity contribution in [2.24, 2.45) is 5.41 Å². The number of amides is 1. The second-order valence-electron chi connectivity index (χ2n) is 9.53. The highest BCUT2D eigenvalue weighted by atomic mass is 35.5. The number of fused-ring (bicyclic) bond motifs is 1. The molecule has 0 radical (unpaired) electrons. The molecule has 0 N–H and O–H groups in total. The van der Waals surface area contributed by atoms with Crippen molar-refractivity contribution in [3.63, 3.8) is 0 Å². The van der Waals surface area contributed by atoms with E-state index in [9.17, 15) is 10.1 Å². The quantitative estimate of drug-likeness (QED) is 0.390. The summed E-state index contributed by atoms with van der Waals surface area (Å²) in [4.78, 5) is 19.8. The van der Waals surface area contributed by atoms with Crippen molar-refractivity contribution in [1.29, 1.82) is 10.5 Å². The van der Waals surface area contributed by atoms with Crippen LogP contribution in [0, 0.1) is 33.9 Å². The third-order valence-electron chi connectivity index (χ3n) is 6.94. The molecule has 1 saturated carbocycles. The molecule has 1 fully saturated rings. The molecule has 0 saturated heterocycles. The minimum Gasteiger partial charge on any atom is -0.345 e. The number of allylic oxidation sites excluding steroid dienone is 1. The predicted octanol–water partition coefficient (Wildman–Crippen LogP) is 5.96. The van der Waals surface area contributed by atoms with E-state index in [-0.39, 0.29) is 24.3 Å². The lowest BCUT2D eigenvalue weighted by molar-refractivity contribution is -0.122. The highest BCUT2D eigenvalue weighted by molar-refractivity contribution is 6.30. The van der Waals surface area contributed by atoms with Gasteiger partial charge in [0, 0.05) is 16.8 Å². The van der Waals surface area contributed by atoms with Crippen LogP contribution in [0.2, 0.25) is 5.02 Å². The maximum atomic E-state index is 16.0. The van der Waals surface area contributed by atoms with E-state index in [2.05, 4.69) is 17.6 Å². The molecule has 184 valence electrons. The molecule has 1 amide bonds. The van der Waals surface area contributed by atoms with Gasteiger partial charge in [0.15, 0.2) is 5.72 Å². The summed E-state index contributed by atoms with van der Waals surface area (Å²) < 4.78 is 22.6. The van der Waals surface area contributed by atoms with Gasteiger partial charge in [-0.05, 0) is 61.7 Å². The van der Waals surface area contributed by atoms with Crippen LogP contribution in [0.15, 0.2) is 61.3 Å². The van der Waals surface area contributed by atoms with Crippen LogP contribution >= 0.6 is 11.6 Å². The van der Waals surface area contributed by atoms with Gasteiger partial charge in [0.25, 0.3) is 5.91 Å². The standard InChI is InChI=1S/C29H22ClFN4O2/c1-18(2)20-11-24-26(25(31)12-20)29(21-4-6-22(30)7-5-21,37-17-28(16-33)9-10-28)35(27(24)36)15-23-8-3-19(13-32)14-34-23/h3-8,11-12,14H,1,9-10,15,17H2,2H3. The number of hydrogen-bond donors (Lipinski definition) is 0. The molecule has 0 bridgehead atoms. The van der Waals surface area contributed by atoms with E-state index in [1.807, 2.05) is 6.07 Å². The fourth-order valence-electron chi connectivity index (χ4n) is 4.61. The number of nitriles is 2. The normalized spacial score (nSPS) is 19.2. The highest BCUT2D eigenvalue weighted by Crippen LogP contribution is 2.52. The van der Waals surface area contributed by atoms with E-state index in [0.717, 1.165) is 0 Å². The number of ether oxygens (including phenoxy) is 1. The summed E-state index contributed by atoms with van der Waals surface area (Å²) in [7, 11) is 0. The molecule has 6 nitrogen and oxygen atoms in total. The number of halogens is 2. The Hall–Kier alpha value is -4.04. The summed E-state index contributed by atoms with van der Waals surface area (Å²) in [6, 6.07) is 17.3. The van der Waals surface area contributed by atoms with Crippen molar-refractivity contribution >= 4 is 23.1 Å². The lowest BCUT2D eigenvalue weighted by Crippen LogP contribution is -2.47. The molecule has 3 aromatic rings. The van der Waals surface area contributed by atoms with Crippen molar-refractivity contribution < 1.29 is 13.9 Å². The Labute approximate surface area is 219 Å². The van der Waals surface area contributed by atoms with Crippen molar-refractivity contribution in [3.05, 3.63) is 106 Å². The molecule has 2 aliphatic rings. The van der Waals surface area contributed by atoms with Gasteiger partial charge in [-0.25, -0.2) is 4.39 Å². The van der Waals surface area contributed by atoms with Crippen molar-refractivity contribution in [2.75, 3.05) is 6.61 Å². The smallest absolute Gasteiger partial charge is 0.257 e. The summed E-state index contributed by atoms with van der Waals surface area (Å²) in [5.41, 5.74) is 0.355. The van der Waals surface area contributed by atoms with Crippen LogP contribution in [0.3, 0.4) is 0 Å². The average molecular weight is 513 g/mol. The summed E-state index contributed by atoms with van der Waals surface area (Å²) in [6.07, 6.45) is 2.74. The van der Waals surface area contributed by atoms with Crippen LogP contribution in [0.25, 0.3) is 5.57 Å². The van der Waals surface area contributed by atoms with Gasteiger partial charge < -0.3 is 4.74 Å². The molecule has 1 aromatic heterocycles. The average Bonchev–Trinajstić information content (AvgIpc) is 3.65. The second kappa shape index (κ2) is 9.12. The lowest BCUT2D eigenvalue weighted by Gasteiger charge is -2.40. The van der Waals surface area contributed by atoms with Crippen molar-refractivity contribution in [2.45, 2.75) is 32.0 Å². The number of carbonyl (C=O) groups excluding carboxylic acids is 1. The fraction of sp³-hybridized carbons (Fsp3) is 0.241. The summed E-state index contributed by atoms with van der Waals surface area (Å²) in [6.45, 7) is 5.63. The van der Waals surface area contributed by atoms with Gasteiger partial charge >= 0.3 is 0 Å². The number of hydrogen-bond acceptors (Lipinski definition) is 5. The van der Waals surface area contributed by atoms with Crippen LogP contribution in [0.5, 0.6) is 0 Å². The van der Waals surface area contributed by atoms with Gasteiger partial charge in [0.1, 0.15) is 11.9 Å². The number of benzene rings is 2. The summed E-state index contributed by atoms with van der Waals surface area (Å²) in [5, 5.41) is 19.3. The molecule has 2 heterocycles. The van der Waals surface area contributed by atoms with E-state index in [1.165, 1.54) is 17.2 Å². The van der Waals surface area contributed by atoms with E-state index in [4.69, 9.17) is 21.6 Å². The Balaban J connectivity index is 1.73. The van der Waals surface area contributed by atoms with Crippen LogP contribution in [-0.2, 0) is 17.0 Å². The molecule has 1 unspecified atom stereocenters. The Morgan fingerprint density at radius 1 is 1.22 bits per heavy atom. The van der Waals surface area contributed by atoms with Crippen molar-refractivity contribution in [1.82, 2.24) is 9.88 Å². The molecule has 37 heavy (non-hydrogen) atoms. The first-order valence-corrected chi connectivity index (χ1v) is 12.1. The third-order valence-corrected chi connectivity index (χ3v) is 7.19. The Bertz CT molecular complexity index is 1500. The second-order valence-corrected chi connectivity index (χ2v) is 9.97. The van der Waals surface area contributed by atoms with Crippen LogP contribution in [0.4, 0.5) is 4.39 Å². The monoisotopic (exact) mass is 512 g/mol. The number of aromatic nitrogens is 1. The lowest BCUT2D eigenvalue weighted by atomic mass is 9.90. The third kappa shape index (κ3) is 4.17. The maximum Gasteiger partial charge on any atom is 0.257 e. The minimum absolute atomic E-state index is 0.0117. The Morgan fingerprint density at radius 2 is 1.95 bits per heavy atom. The first-order valence-electron chi connectivity index (χ1n) is 11.7. The molecular weight excluding hydrogens is 491 g/mol. The predicted molar refractivity (Wildman–Crippen MR) is 135 cm³/mol. The zero-order valence-electron chi connectivity index (χ0n) is 20.1. The number of nitrogens with zero attached hydrogens (tertiary/aromatic N) is 4. The molecule has 8 heteroatoms. The molecule has 2 aromatic carbocycles. The molecule has 1 atom stereocenters. The van der Waals surface area contributed by atoms with Gasteiger partial charge in [0.05, 0.1) is 47.0 Å². The Morgan fingerprint density at radius 3 is 2.51 bits per heavy atom. The molecular formula is C29H22ClFN4O2. The Kier molecular flexibility index (Phi) is 6.07. The zero-order valence-corrected chi connectivity index (χ0v) is 20.8. The summed E-state index contributed by atoms with van der Waals surface area (Å²) >= 11 is 6.17. The number of rotatable bonds is 7. The first-order chi connectivity index (χ1) is 17.7.